The van der Waals surface area contributed by atoms with Gasteiger partial charge in [0.15, 0.2) is 7.28 Å². The molecule has 2 N–H and O–H groups in total. The molecule has 1 saturated carbocycles. The van der Waals surface area contributed by atoms with Crippen molar-refractivity contribution >= 4 is 30.2 Å². The molecule has 1 aliphatic carbocycles. The van der Waals surface area contributed by atoms with Crippen LogP contribution in [0.3, 0.4) is 0 Å². The Kier molecular flexibility index (Phi) is 4.14. The predicted molar refractivity (Wildman–Crippen MR) is 99.7 cm³/mol. The van der Waals surface area contributed by atoms with Crippen LogP contribution in [-0.2, 0) is 13.0 Å². The number of hydrogen-bond acceptors (Lipinski definition) is 5. The van der Waals surface area contributed by atoms with Crippen LogP contribution in [0.2, 0.25) is 6.82 Å². The van der Waals surface area contributed by atoms with Crippen molar-refractivity contribution in [2.24, 2.45) is 0 Å². The van der Waals surface area contributed by atoms with Crippen LogP contribution in [0.25, 0.3) is 0 Å². The van der Waals surface area contributed by atoms with Gasteiger partial charge in [-0.3, -0.25) is 0 Å². The highest BCUT2D eigenvalue weighted by Gasteiger charge is 2.22. The Bertz CT molecular complexity index is 744. The van der Waals surface area contributed by atoms with E-state index in [0.29, 0.717) is 12.0 Å². The predicted octanol–water partition coefficient (Wildman–Crippen LogP) is 2.16. The molecule has 1 aromatic carbocycles. The van der Waals surface area contributed by atoms with E-state index in [-0.39, 0.29) is 0 Å². The number of nitrogens with one attached hydrogen (secondary N) is 2. The summed E-state index contributed by atoms with van der Waals surface area (Å²) in [5.41, 5.74) is 4.96. The highest BCUT2D eigenvalue weighted by Crippen LogP contribution is 2.25. The van der Waals surface area contributed by atoms with Crippen LogP contribution in [0.1, 0.15) is 24.0 Å². The van der Waals surface area contributed by atoms with Gasteiger partial charge in [0.25, 0.3) is 0 Å². The Hall–Kier alpha value is -2.08. The van der Waals surface area contributed by atoms with Crippen molar-refractivity contribution < 1.29 is 0 Å². The van der Waals surface area contributed by atoms with E-state index in [1.165, 1.54) is 24.0 Å². The van der Waals surface area contributed by atoms with Crippen LogP contribution in [0.5, 0.6) is 0 Å². The van der Waals surface area contributed by atoms with Gasteiger partial charge in [-0.15, -0.1) is 0 Å². The van der Waals surface area contributed by atoms with Crippen LogP contribution in [0.15, 0.2) is 24.4 Å². The fourth-order valence-electron chi connectivity index (χ4n) is 3.10. The molecular formula is C18H23BN5. The summed E-state index contributed by atoms with van der Waals surface area (Å²) >= 11 is 0. The molecule has 24 heavy (non-hydrogen) atoms. The third-order valence-electron chi connectivity index (χ3n) is 4.71. The average Bonchev–Trinajstić information content (AvgIpc) is 3.39. The maximum absolute atomic E-state index is 4.67. The second kappa shape index (κ2) is 6.44. The number of hydrogen-bond donors (Lipinski definition) is 2. The zero-order valence-electron chi connectivity index (χ0n) is 14.3. The Morgan fingerprint density at radius 3 is 2.92 bits per heavy atom. The van der Waals surface area contributed by atoms with Crippen molar-refractivity contribution in [1.29, 1.82) is 0 Å². The lowest BCUT2D eigenvalue weighted by Crippen LogP contribution is -2.26. The topological polar surface area (TPSA) is 53.1 Å². The lowest BCUT2D eigenvalue weighted by molar-refractivity contribution is 0.313. The second-order valence-electron chi connectivity index (χ2n) is 6.80. The Morgan fingerprint density at radius 2 is 2.12 bits per heavy atom. The Morgan fingerprint density at radius 1 is 1.25 bits per heavy atom. The third-order valence-corrected chi connectivity index (χ3v) is 4.71. The molecule has 0 bridgehead atoms. The quantitative estimate of drug-likeness (QED) is 0.827. The smallest absolute Gasteiger partial charge is 0.229 e. The summed E-state index contributed by atoms with van der Waals surface area (Å²) in [7, 11) is 4.22. The van der Waals surface area contributed by atoms with Gasteiger partial charge >= 0.3 is 0 Å². The van der Waals surface area contributed by atoms with Gasteiger partial charge in [0, 0.05) is 31.0 Å². The fourth-order valence-corrected chi connectivity index (χ4v) is 3.10. The number of fused-ring (bicyclic) bond motifs is 1. The first-order valence-corrected chi connectivity index (χ1v) is 8.71. The number of nitrogens with zero attached hydrogens (tertiary/aromatic N) is 3. The van der Waals surface area contributed by atoms with Gasteiger partial charge in [-0.2, -0.15) is 4.98 Å². The summed E-state index contributed by atoms with van der Waals surface area (Å²) in [4.78, 5) is 11.5. The van der Waals surface area contributed by atoms with Crippen molar-refractivity contribution in [3.8, 4) is 0 Å². The molecule has 2 aromatic rings. The lowest BCUT2D eigenvalue weighted by atomic mass is 9.74. The fraction of sp³-hybridized carbons (Fsp3) is 0.444. The van der Waals surface area contributed by atoms with Crippen LogP contribution >= 0.6 is 0 Å². The van der Waals surface area contributed by atoms with Crippen molar-refractivity contribution in [3.05, 3.63) is 35.5 Å². The van der Waals surface area contributed by atoms with Gasteiger partial charge in [0.2, 0.25) is 5.95 Å². The van der Waals surface area contributed by atoms with Gasteiger partial charge in [-0.25, -0.2) is 4.98 Å². The van der Waals surface area contributed by atoms with E-state index in [1.807, 2.05) is 20.3 Å². The summed E-state index contributed by atoms with van der Waals surface area (Å²) < 4.78 is 0. The number of aromatic nitrogens is 2. The van der Waals surface area contributed by atoms with E-state index in [4.69, 9.17) is 0 Å². The van der Waals surface area contributed by atoms with E-state index < -0.39 is 0 Å². The monoisotopic (exact) mass is 320 g/mol. The standard InChI is InChI=1S/C18H23BN5/c1-19-16-10-20-18(23-17(16)21-14-5-6-14)22-15-4-3-13-11-24(2)8-7-12(13)9-15/h3-4,9-10,14H,5-8,11H2,1-2H3,(H2,20,21,22,23). The minimum absolute atomic E-state index is 0.576. The molecule has 0 atom stereocenters. The average molecular weight is 320 g/mol. The third kappa shape index (κ3) is 3.38. The number of benzene rings is 1. The largest absolute Gasteiger partial charge is 0.368 e. The van der Waals surface area contributed by atoms with Gasteiger partial charge in [-0.1, -0.05) is 12.9 Å². The number of anilines is 3. The molecule has 2 heterocycles. The van der Waals surface area contributed by atoms with Crippen LogP contribution in [0.4, 0.5) is 17.5 Å². The maximum Gasteiger partial charge on any atom is 0.229 e. The van der Waals surface area contributed by atoms with Gasteiger partial charge in [0.05, 0.1) is 0 Å². The van der Waals surface area contributed by atoms with Crippen LogP contribution in [-0.4, -0.2) is 41.8 Å². The minimum Gasteiger partial charge on any atom is -0.368 e. The number of likely N-dealkylation sites (N-methyl/N-ethyl adjacent to an activating group) is 1. The van der Waals surface area contributed by atoms with E-state index in [0.717, 1.165) is 36.5 Å². The first-order chi connectivity index (χ1) is 11.7. The zero-order chi connectivity index (χ0) is 16.5. The summed E-state index contributed by atoms with van der Waals surface area (Å²) in [6.45, 7) is 4.16. The highest BCUT2D eigenvalue weighted by molar-refractivity contribution is 6.53. The van der Waals surface area contributed by atoms with Crippen LogP contribution in [0, 0.1) is 0 Å². The van der Waals surface area contributed by atoms with Gasteiger partial charge in [-0.05, 0) is 55.0 Å². The first kappa shape index (κ1) is 15.5. The molecule has 1 aliphatic heterocycles. The SMILES string of the molecule is C[B]c1cnc(Nc2ccc3c(c2)CCN(C)C3)nc1NC1CC1. The van der Waals surface area contributed by atoms with Gasteiger partial charge < -0.3 is 15.5 Å². The molecule has 0 saturated heterocycles. The summed E-state index contributed by atoms with van der Waals surface area (Å²) in [5, 5.41) is 6.85. The molecule has 0 amide bonds. The summed E-state index contributed by atoms with van der Waals surface area (Å²) in [6.07, 6.45) is 5.44. The first-order valence-electron chi connectivity index (χ1n) is 8.71. The molecule has 1 fully saturated rings. The van der Waals surface area contributed by atoms with Crippen molar-refractivity contribution in [3.63, 3.8) is 0 Å². The van der Waals surface area contributed by atoms with Crippen molar-refractivity contribution in [2.75, 3.05) is 24.2 Å². The van der Waals surface area contributed by atoms with Crippen LogP contribution < -0.4 is 16.1 Å². The molecular weight excluding hydrogens is 297 g/mol. The molecule has 0 spiro atoms. The molecule has 1 aromatic heterocycles. The summed E-state index contributed by atoms with van der Waals surface area (Å²) in [5.74, 6) is 1.58. The van der Waals surface area contributed by atoms with E-state index >= 15 is 0 Å². The molecule has 2 aliphatic rings. The normalized spacial score (nSPS) is 17.2. The Labute approximate surface area is 144 Å². The highest BCUT2D eigenvalue weighted by atomic mass is 15.2. The molecule has 4 rings (SSSR count). The van der Waals surface area contributed by atoms with Crippen molar-refractivity contribution in [2.45, 2.75) is 38.7 Å². The Balaban J connectivity index is 1.54. The maximum atomic E-state index is 4.67. The summed E-state index contributed by atoms with van der Waals surface area (Å²) in [6, 6.07) is 7.15. The minimum atomic E-state index is 0.576. The molecule has 1 radical (unpaired) electrons. The lowest BCUT2D eigenvalue weighted by Gasteiger charge is -2.25. The molecule has 123 valence electrons. The molecule has 5 nitrogen and oxygen atoms in total. The number of rotatable bonds is 5. The van der Waals surface area contributed by atoms with E-state index in [1.54, 1.807) is 0 Å². The van der Waals surface area contributed by atoms with Crippen molar-refractivity contribution in [1.82, 2.24) is 14.9 Å². The second-order valence-corrected chi connectivity index (χ2v) is 6.80. The molecule has 0 unspecified atom stereocenters. The zero-order valence-corrected chi connectivity index (χ0v) is 14.3. The van der Waals surface area contributed by atoms with E-state index in [2.05, 4.69) is 50.7 Å². The molecule has 6 heteroatoms. The van der Waals surface area contributed by atoms with Gasteiger partial charge in [0.1, 0.15) is 5.82 Å². The van der Waals surface area contributed by atoms with E-state index in [9.17, 15) is 0 Å².